The molecule has 3 nitrogen and oxygen atoms in total. The van der Waals surface area contributed by atoms with Crippen molar-refractivity contribution in [2.45, 2.75) is 12.5 Å². The summed E-state index contributed by atoms with van der Waals surface area (Å²) in [6.07, 6.45) is 0.879. The molecular formula is C12H16N2OS. The highest BCUT2D eigenvalue weighted by atomic mass is 32.1. The van der Waals surface area contributed by atoms with E-state index in [2.05, 4.69) is 35.1 Å². The summed E-state index contributed by atoms with van der Waals surface area (Å²) in [5.74, 6) is 5.60. The second-order valence-corrected chi connectivity index (χ2v) is 4.60. The molecule has 2 rings (SSSR count). The normalized spacial score (nSPS) is 13.1. The topological polar surface area (TPSA) is 47.3 Å². The predicted molar refractivity (Wildman–Crippen MR) is 68.4 cm³/mol. The van der Waals surface area contributed by atoms with Crippen LogP contribution in [0, 0.1) is 0 Å². The van der Waals surface area contributed by atoms with Crippen LogP contribution in [0.4, 0.5) is 0 Å². The first-order chi connectivity index (χ1) is 7.86. The van der Waals surface area contributed by atoms with Crippen LogP contribution in [0.25, 0.3) is 10.1 Å². The van der Waals surface area contributed by atoms with Crippen molar-refractivity contribution in [2.24, 2.45) is 5.84 Å². The van der Waals surface area contributed by atoms with Crippen molar-refractivity contribution < 1.29 is 4.74 Å². The zero-order chi connectivity index (χ0) is 11.4. The molecule has 0 radical (unpaired) electrons. The number of thiophene rings is 1. The summed E-state index contributed by atoms with van der Waals surface area (Å²) in [6, 6.07) is 8.61. The molecule has 0 aliphatic carbocycles. The number of hydrogen-bond donors (Lipinski definition) is 2. The minimum atomic E-state index is 0.155. The van der Waals surface area contributed by atoms with Crippen LogP contribution in [0.5, 0.6) is 0 Å². The van der Waals surface area contributed by atoms with Crippen molar-refractivity contribution in [3.8, 4) is 0 Å². The number of hydrogen-bond acceptors (Lipinski definition) is 4. The molecule has 1 atom stereocenters. The first-order valence-electron chi connectivity index (χ1n) is 5.28. The van der Waals surface area contributed by atoms with Crippen LogP contribution < -0.4 is 11.3 Å². The number of ether oxygens (including phenoxy) is 1. The largest absolute Gasteiger partial charge is 0.385 e. The first-order valence-corrected chi connectivity index (χ1v) is 6.16. The van der Waals surface area contributed by atoms with Gasteiger partial charge in [0.1, 0.15) is 0 Å². The summed E-state index contributed by atoms with van der Waals surface area (Å²) in [5.41, 5.74) is 4.12. The van der Waals surface area contributed by atoms with Crippen LogP contribution in [0.15, 0.2) is 29.6 Å². The molecule has 0 spiro atoms. The molecule has 0 aliphatic rings. The molecule has 0 aliphatic heterocycles. The van der Waals surface area contributed by atoms with Gasteiger partial charge >= 0.3 is 0 Å². The standard InChI is InChI=1S/C12H16N2OS/c1-15-7-5-11(14-13)10-4-2-3-9-6-8-16-12(9)10/h2-4,6,8,11,14H,5,7,13H2,1H3. The van der Waals surface area contributed by atoms with Gasteiger partial charge < -0.3 is 4.74 Å². The zero-order valence-corrected chi connectivity index (χ0v) is 10.1. The highest BCUT2D eigenvalue weighted by molar-refractivity contribution is 7.17. The van der Waals surface area contributed by atoms with Crippen LogP contribution in [0.2, 0.25) is 0 Å². The molecular weight excluding hydrogens is 220 g/mol. The number of methoxy groups -OCH3 is 1. The molecule has 86 valence electrons. The quantitative estimate of drug-likeness (QED) is 0.619. The third-order valence-electron chi connectivity index (χ3n) is 2.70. The Morgan fingerprint density at radius 2 is 2.31 bits per heavy atom. The third-order valence-corrected chi connectivity index (χ3v) is 3.68. The Labute approximate surface area is 99.2 Å². The lowest BCUT2D eigenvalue weighted by molar-refractivity contribution is 0.183. The van der Waals surface area contributed by atoms with E-state index in [1.165, 1.54) is 15.6 Å². The van der Waals surface area contributed by atoms with Crippen molar-refractivity contribution in [3.63, 3.8) is 0 Å². The smallest absolute Gasteiger partial charge is 0.0496 e. The maximum absolute atomic E-state index is 5.60. The Hall–Kier alpha value is -0.940. The molecule has 2 aromatic rings. The summed E-state index contributed by atoms with van der Waals surface area (Å²) in [7, 11) is 1.71. The molecule has 1 aromatic heterocycles. The van der Waals surface area contributed by atoms with Gasteiger partial charge in [-0.15, -0.1) is 11.3 Å². The minimum Gasteiger partial charge on any atom is -0.385 e. The Balaban J connectivity index is 2.32. The van der Waals surface area contributed by atoms with Gasteiger partial charge in [0.15, 0.2) is 0 Å². The third kappa shape index (κ3) is 2.25. The van der Waals surface area contributed by atoms with E-state index in [9.17, 15) is 0 Å². The molecule has 0 fully saturated rings. The molecule has 0 saturated carbocycles. The van der Waals surface area contributed by atoms with E-state index in [1.54, 1.807) is 18.4 Å². The molecule has 1 aromatic carbocycles. The molecule has 0 amide bonds. The average Bonchev–Trinajstić information content (AvgIpc) is 2.78. The van der Waals surface area contributed by atoms with Gasteiger partial charge in [-0.3, -0.25) is 11.3 Å². The van der Waals surface area contributed by atoms with Gasteiger partial charge in [-0.05, 0) is 28.8 Å². The number of rotatable bonds is 5. The highest BCUT2D eigenvalue weighted by Gasteiger charge is 2.12. The van der Waals surface area contributed by atoms with Gasteiger partial charge in [0, 0.05) is 24.5 Å². The maximum atomic E-state index is 5.60. The maximum Gasteiger partial charge on any atom is 0.0496 e. The van der Waals surface area contributed by atoms with Crippen LogP contribution in [0.3, 0.4) is 0 Å². The van der Waals surface area contributed by atoms with Gasteiger partial charge in [-0.1, -0.05) is 18.2 Å². The Bertz CT molecular complexity index is 455. The fourth-order valence-corrected chi connectivity index (χ4v) is 2.82. The number of nitrogens with two attached hydrogens (primary N) is 1. The summed E-state index contributed by atoms with van der Waals surface area (Å²) < 4.78 is 6.40. The van der Waals surface area contributed by atoms with E-state index in [0.717, 1.165) is 6.42 Å². The Morgan fingerprint density at radius 3 is 3.06 bits per heavy atom. The van der Waals surface area contributed by atoms with Crippen molar-refractivity contribution in [3.05, 3.63) is 35.2 Å². The summed E-state index contributed by atoms with van der Waals surface area (Å²) in [6.45, 7) is 0.705. The fraction of sp³-hybridized carbons (Fsp3) is 0.333. The lowest BCUT2D eigenvalue weighted by Crippen LogP contribution is -2.28. The lowest BCUT2D eigenvalue weighted by atomic mass is 10.0. The molecule has 4 heteroatoms. The second kappa shape index (κ2) is 5.41. The summed E-state index contributed by atoms with van der Waals surface area (Å²) in [5, 5.41) is 3.39. The van der Waals surface area contributed by atoms with Crippen LogP contribution in [-0.2, 0) is 4.74 Å². The highest BCUT2D eigenvalue weighted by Crippen LogP contribution is 2.29. The van der Waals surface area contributed by atoms with Crippen LogP contribution >= 0.6 is 11.3 Å². The van der Waals surface area contributed by atoms with E-state index in [1.807, 2.05) is 0 Å². The average molecular weight is 236 g/mol. The predicted octanol–water partition coefficient (Wildman–Crippen LogP) is 2.44. The van der Waals surface area contributed by atoms with Crippen molar-refractivity contribution >= 4 is 21.4 Å². The number of nitrogens with one attached hydrogen (secondary N) is 1. The fourth-order valence-electron chi connectivity index (χ4n) is 1.85. The number of benzene rings is 1. The monoisotopic (exact) mass is 236 g/mol. The van der Waals surface area contributed by atoms with Crippen LogP contribution in [0.1, 0.15) is 18.0 Å². The van der Waals surface area contributed by atoms with Crippen molar-refractivity contribution in [1.29, 1.82) is 0 Å². The SMILES string of the molecule is COCCC(NN)c1cccc2ccsc12. The lowest BCUT2D eigenvalue weighted by Gasteiger charge is -2.16. The first kappa shape index (κ1) is 11.5. The Morgan fingerprint density at radius 1 is 1.44 bits per heavy atom. The van der Waals surface area contributed by atoms with Gasteiger partial charge in [-0.2, -0.15) is 0 Å². The molecule has 1 unspecified atom stereocenters. The molecule has 0 saturated heterocycles. The van der Waals surface area contributed by atoms with Gasteiger partial charge in [0.05, 0.1) is 0 Å². The summed E-state index contributed by atoms with van der Waals surface area (Å²) in [4.78, 5) is 0. The van der Waals surface area contributed by atoms with E-state index < -0.39 is 0 Å². The van der Waals surface area contributed by atoms with Crippen molar-refractivity contribution in [2.75, 3.05) is 13.7 Å². The number of fused-ring (bicyclic) bond motifs is 1. The summed E-state index contributed by atoms with van der Waals surface area (Å²) >= 11 is 1.75. The minimum absolute atomic E-state index is 0.155. The van der Waals surface area contributed by atoms with E-state index in [4.69, 9.17) is 10.6 Å². The molecule has 0 bridgehead atoms. The molecule has 3 N–H and O–H groups in total. The van der Waals surface area contributed by atoms with Gasteiger partial charge in [0.2, 0.25) is 0 Å². The van der Waals surface area contributed by atoms with E-state index in [0.29, 0.717) is 6.61 Å². The molecule has 1 heterocycles. The van der Waals surface area contributed by atoms with Crippen molar-refractivity contribution in [1.82, 2.24) is 5.43 Å². The Kier molecular flexibility index (Phi) is 3.90. The van der Waals surface area contributed by atoms with E-state index >= 15 is 0 Å². The second-order valence-electron chi connectivity index (χ2n) is 3.69. The van der Waals surface area contributed by atoms with Gasteiger partial charge in [0.25, 0.3) is 0 Å². The molecule has 16 heavy (non-hydrogen) atoms. The van der Waals surface area contributed by atoms with Crippen LogP contribution in [-0.4, -0.2) is 13.7 Å². The zero-order valence-electron chi connectivity index (χ0n) is 9.27. The number of hydrazine groups is 1. The van der Waals surface area contributed by atoms with Gasteiger partial charge in [-0.25, -0.2) is 0 Å². The van der Waals surface area contributed by atoms with E-state index in [-0.39, 0.29) is 6.04 Å².